The second-order valence-electron chi connectivity index (χ2n) is 6.12. The van der Waals surface area contributed by atoms with E-state index in [4.69, 9.17) is 9.15 Å². The first-order valence-corrected chi connectivity index (χ1v) is 8.15. The van der Waals surface area contributed by atoms with Crippen molar-refractivity contribution in [3.63, 3.8) is 0 Å². The van der Waals surface area contributed by atoms with Gasteiger partial charge in [-0.15, -0.1) is 0 Å². The number of Topliss-reactive ketones (excluding diaryl/α,β-unsaturated/α-hetero) is 3. The van der Waals surface area contributed by atoms with Gasteiger partial charge >= 0.3 is 0 Å². The number of benzene rings is 1. The molecule has 0 unspecified atom stereocenters. The molecular formula is C20H18O6. The Kier molecular flexibility index (Phi) is 4.86. The molecule has 0 saturated heterocycles. The Labute approximate surface area is 150 Å². The van der Waals surface area contributed by atoms with E-state index in [1.165, 1.54) is 25.3 Å². The predicted octanol–water partition coefficient (Wildman–Crippen LogP) is 2.84. The summed E-state index contributed by atoms with van der Waals surface area (Å²) in [6.45, 7) is 1.67. The van der Waals surface area contributed by atoms with Gasteiger partial charge in [0.1, 0.15) is 5.76 Å². The second-order valence-corrected chi connectivity index (χ2v) is 6.12. The number of rotatable bonds is 5. The van der Waals surface area contributed by atoms with Crippen molar-refractivity contribution in [2.75, 3.05) is 7.11 Å². The van der Waals surface area contributed by atoms with Gasteiger partial charge in [-0.05, 0) is 6.92 Å². The van der Waals surface area contributed by atoms with Crippen LogP contribution in [0, 0.1) is 0 Å². The fourth-order valence-corrected chi connectivity index (χ4v) is 2.96. The minimum absolute atomic E-state index is 0.0559. The topological polar surface area (TPSA) is 93.8 Å². The van der Waals surface area contributed by atoms with Crippen LogP contribution in [0.4, 0.5) is 0 Å². The molecule has 0 saturated carbocycles. The molecule has 0 fully saturated rings. The summed E-state index contributed by atoms with van der Waals surface area (Å²) < 4.78 is 10.7. The first-order chi connectivity index (χ1) is 12.4. The third-order valence-electron chi connectivity index (χ3n) is 4.28. The van der Waals surface area contributed by atoms with Crippen LogP contribution in [0.3, 0.4) is 0 Å². The number of hydrogen-bond donors (Lipinski definition) is 1. The Hall–Kier alpha value is -2.99. The summed E-state index contributed by atoms with van der Waals surface area (Å²) in [5.74, 6) is -1.45. The number of hydrogen-bond acceptors (Lipinski definition) is 6. The number of fused-ring (bicyclic) bond motifs is 1. The van der Waals surface area contributed by atoms with Crippen LogP contribution >= 0.6 is 0 Å². The van der Waals surface area contributed by atoms with Gasteiger partial charge in [-0.1, -0.05) is 30.3 Å². The number of methoxy groups -OCH3 is 1. The maximum atomic E-state index is 12.7. The van der Waals surface area contributed by atoms with Crippen molar-refractivity contribution in [2.24, 2.45) is 0 Å². The first-order valence-electron chi connectivity index (χ1n) is 8.15. The molecule has 1 aromatic heterocycles. The van der Waals surface area contributed by atoms with Gasteiger partial charge in [-0.25, -0.2) is 0 Å². The van der Waals surface area contributed by atoms with Crippen molar-refractivity contribution in [3.05, 3.63) is 64.3 Å². The molecule has 3 rings (SSSR count). The number of carbonyl (C=O) groups excluding carboxylic acids is 3. The molecule has 0 spiro atoms. The quantitative estimate of drug-likeness (QED) is 0.504. The lowest BCUT2D eigenvalue weighted by molar-refractivity contribution is 0.0796. The highest BCUT2D eigenvalue weighted by Crippen LogP contribution is 2.32. The molecule has 0 aliphatic heterocycles. The molecule has 1 heterocycles. The van der Waals surface area contributed by atoms with E-state index in [2.05, 4.69) is 0 Å². The highest BCUT2D eigenvalue weighted by Gasteiger charge is 2.36. The van der Waals surface area contributed by atoms with Crippen LogP contribution in [0.5, 0.6) is 0 Å². The zero-order valence-corrected chi connectivity index (χ0v) is 14.4. The van der Waals surface area contributed by atoms with Crippen molar-refractivity contribution in [2.45, 2.75) is 25.9 Å². The summed E-state index contributed by atoms with van der Waals surface area (Å²) in [5.41, 5.74) is 0.740. The lowest BCUT2D eigenvalue weighted by Crippen LogP contribution is -2.25. The van der Waals surface area contributed by atoms with E-state index in [9.17, 15) is 19.5 Å². The summed E-state index contributed by atoms with van der Waals surface area (Å²) in [6, 6.07) is 8.11. The average molecular weight is 354 g/mol. The van der Waals surface area contributed by atoms with Crippen LogP contribution in [-0.4, -0.2) is 35.7 Å². The van der Waals surface area contributed by atoms with Gasteiger partial charge in [0.15, 0.2) is 11.5 Å². The molecule has 2 aromatic rings. The largest absolute Gasteiger partial charge is 0.501 e. The van der Waals surface area contributed by atoms with Crippen molar-refractivity contribution in [1.29, 1.82) is 0 Å². The van der Waals surface area contributed by atoms with E-state index in [1.54, 1.807) is 25.1 Å². The Bertz CT molecular complexity index is 904. The zero-order valence-electron chi connectivity index (χ0n) is 14.4. The Balaban J connectivity index is 2.10. The van der Waals surface area contributed by atoms with Gasteiger partial charge in [0, 0.05) is 30.0 Å². The Morgan fingerprint density at radius 3 is 2.54 bits per heavy atom. The zero-order chi connectivity index (χ0) is 18.8. The van der Waals surface area contributed by atoms with Gasteiger partial charge in [0.25, 0.3) is 5.78 Å². The first kappa shape index (κ1) is 17.8. The SMILES string of the molecule is CO/C(C)=C/c1oc(C(=O)C(=O)c2ccccc2)c2c1C(=O)C[C@@H](O)C2. The molecule has 26 heavy (non-hydrogen) atoms. The van der Waals surface area contributed by atoms with E-state index < -0.39 is 17.7 Å². The fraction of sp³-hybridized carbons (Fsp3) is 0.250. The van der Waals surface area contributed by atoms with Gasteiger partial charge in [0.05, 0.1) is 24.5 Å². The highest BCUT2D eigenvalue weighted by atomic mass is 16.5. The van der Waals surface area contributed by atoms with Crippen molar-refractivity contribution in [1.82, 2.24) is 0 Å². The number of aliphatic hydroxyl groups is 1. The van der Waals surface area contributed by atoms with Crippen LogP contribution in [0.1, 0.15) is 55.9 Å². The third-order valence-corrected chi connectivity index (χ3v) is 4.28. The van der Waals surface area contributed by atoms with Gasteiger partial charge in [-0.2, -0.15) is 0 Å². The standard InChI is InChI=1S/C20H18O6/c1-11(25-2)8-16-17-14(9-13(21)10-15(17)22)20(26-16)19(24)18(23)12-6-4-3-5-7-12/h3-8,13,21H,9-10H2,1-2H3/b11-8+/t13-/m0/s1. The molecule has 134 valence electrons. The summed E-state index contributed by atoms with van der Waals surface area (Å²) in [7, 11) is 1.47. The van der Waals surface area contributed by atoms with Gasteiger partial charge < -0.3 is 14.3 Å². The number of carbonyl (C=O) groups is 3. The minimum atomic E-state index is -0.911. The Morgan fingerprint density at radius 1 is 1.19 bits per heavy atom. The van der Waals surface area contributed by atoms with Crippen LogP contribution in [0.25, 0.3) is 6.08 Å². The number of ether oxygens (including phenoxy) is 1. The van der Waals surface area contributed by atoms with E-state index in [-0.39, 0.29) is 46.8 Å². The van der Waals surface area contributed by atoms with Crippen LogP contribution in [0.15, 0.2) is 40.5 Å². The molecule has 0 amide bonds. The van der Waals surface area contributed by atoms with Crippen molar-refractivity contribution in [3.8, 4) is 0 Å². The average Bonchev–Trinajstić information content (AvgIpc) is 2.99. The van der Waals surface area contributed by atoms with E-state index in [0.29, 0.717) is 5.76 Å². The molecule has 6 heteroatoms. The molecule has 0 radical (unpaired) electrons. The third kappa shape index (κ3) is 3.23. The lowest BCUT2D eigenvalue weighted by Gasteiger charge is -2.16. The summed E-state index contributed by atoms with van der Waals surface area (Å²) in [4.78, 5) is 37.6. The smallest absolute Gasteiger partial charge is 0.268 e. The molecule has 0 bridgehead atoms. The monoisotopic (exact) mass is 354 g/mol. The van der Waals surface area contributed by atoms with Crippen LogP contribution in [-0.2, 0) is 11.2 Å². The number of ketones is 3. The van der Waals surface area contributed by atoms with Crippen molar-refractivity contribution >= 4 is 23.4 Å². The molecule has 1 aliphatic carbocycles. The number of furan rings is 1. The van der Waals surface area contributed by atoms with Crippen molar-refractivity contribution < 1.29 is 28.6 Å². The van der Waals surface area contributed by atoms with Crippen LogP contribution < -0.4 is 0 Å². The fourth-order valence-electron chi connectivity index (χ4n) is 2.96. The summed E-state index contributed by atoms with van der Waals surface area (Å²) in [6.07, 6.45) is 0.608. The molecule has 6 nitrogen and oxygen atoms in total. The maximum Gasteiger partial charge on any atom is 0.268 e. The predicted molar refractivity (Wildman–Crippen MR) is 93.1 cm³/mol. The molecule has 1 N–H and O–H groups in total. The lowest BCUT2D eigenvalue weighted by atomic mass is 9.87. The highest BCUT2D eigenvalue weighted by molar-refractivity contribution is 6.49. The Morgan fingerprint density at radius 2 is 1.88 bits per heavy atom. The molecule has 1 aromatic carbocycles. The maximum absolute atomic E-state index is 12.7. The van der Waals surface area contributed by atoms with Crippen LogP contribution in [0.2, 0.25) is 0 Å². The van der Waals surface area contributed by atoms with E-state index in [1.807, 2.05) is 0 Å². The molecular weight excluding hydrogens is 336 g/mol. The van der Waals surface area contributed by atoms with E-state index in [0.717, 1.165) is 0 Å². The minimum Gasteiger partial charge on any atom is -0.501 e. The normalized spacial score (nSPS) is 17.0. The molecule has 1 aliphatic rings. The molecule has 1 atom stereocenters. The van der Waals surface area contributed by atoms with Gasteiger partial charge in [0.2, 0.25) is 5.78 Å². The second kappa shape index (κ2) is 7.09. The summed E-state index contributed by atoms with van der Waals surface area (Å²) >= 11 is 0. The number of allylic oxidation sites excluding steroid dienone is 1. The summed E-state index contributed by atoms with van der Waals surface area (Å²) in [5, 5.41) is 9.93. The number of aliphatic hydroxyl groups excluding tert-OH is 1. The van der Waals surface area contributed by atoms with E-state index >= 15 is 0 Å². The van der Waals surface area contributed by atoms with Gasteiger partial charge in [-0.3, -0.25) is 14.4 Å².